The fourth-order valence-electron chi connectivity index (χ4n) is 3.58. The predicted molar refractivity (Wildman–Crippen MR) is 124 cm³/mol. The summed E-state index contributed by atoms with van der Waals surface area (Å²) in [5.41, 5.74) is 1.32. The molecule has 0 fully saturated rings. The highest BCUT2D eigenvalue weighted by Crippen LogP contribution is 2.27. The molecule has 0 radical (unpaired) electrons. The van der Waals surface area contributed by atoms with Crippen molar-refractivity contribution < 1.29 is 4.42 Å². The molecule has 0 aliphatic rings. The van der Waals surface area contributed by atoms with E-state index in [0.717, 1.165) is 17.1 Å². The zero-order valence-electron chi connectivity index (χ0n) is 17.5. The van der Waals surface area contributed by atoms with Gasteiger partial charge in [-0.15, -0.1) is 10.2 Å². The quantitative estimate of drug-likeness (QED) is 0.341. The second kappa shape index (κ2) is 9.14. The summed E-state index contributed by atoms with van der Waals surface area (Å²) in [5.74, 6) is 2.36. The summed E-state index contributed by atoms with van der Waals surface area (Å²) in [6.45, 7) is 0.392. The lowest BCUT2D eigenvalue weighted by atomic mass is 10.2. The molecule has 0 aliphatic carbocycles. The number of aromatic nitrogens is 5. The number of hydrogen-bond acceptors (Lipinski definition) is 7. The Kier molecular flexibility index (Phi) is 5.74. The van der Waals surface area contributed by atoms with E-state index in [1.807, 2.05) is 53.1 Å². The molecule has 0 atom stereocenters. The average Bonchev–Trinajstić information content (AvgIpc) is 3.51. The monoisotopic (exact) mass is 454 g/mol. The molecule has 8 nitrogen and oxygen atoms in total. The van der Waals surface area contributed by atoms with Crippen LogP contribution in [0.15, 0.2) is 87.4 Å². The molecule has 3 aromatic heterocycles. The Hall–Kier alpha value is -4.16. The molecule has 33 heavy (non-hydrogen) atoms. The Balaban J connectivity index is 1.52. The van der Waals surface area contributed by atoms with Crippen LogP contribution in [-0.2, 0) is 18.8 Å². The number of hydrogen-bond donors (Lipinski definition) is 0. The molecule has 0 saturated heterocycles. The first kappa shape index (κ1) is 20.7. The minimum absolute atomic E-state index is 0.0685. The largest absolute Gasteiger partial charge is 0.467 e. The van der Waals surface area contributed by atoms with E-state index >= 15 is 0 Å². The molecule has 5 rings (SSSR count). The van der Waals surface area contributed by atoms with Gasteiger partial charge in [0.1, 0.15) is 18.1 Å². The van der Waals surface area contributed by atoms with Crippen LogP contribution in [0.2, 0.25) is 0 Å². The summed E-state index contributed by atoms with van der Waals surface area (Å²) in [5, 5.41) is 19.2. The number of benzene rings is 2. The lowest BCUT2D eigenvalue weighted by Crippen LogP contribution is -2.24. The SMILES string of the molecule is N#CCn1c(CSc2nnc(-c3ccccc3)n2Cc2ccco2)nc2ccccc2c1=O. The number of fused-ring (bicyclic) bond motifs is 1. The van der Waals surface area contributed by atoms with Gasteiger partial charge in [-0.05, 0) is 24.3 Å². The fraction of sp³-hybridized carbons (Fsp3) is 0.125. The van der Waals surface area contributed by atoms with Crippen LogP contribution in [0.4, 0.5) is 0 Å². The number of rotatable bonds is 7. The van der Waals surface area contributed by atoms with E-state index in [-0.39, 0.29) is 12.1 Å². The van der Waals surface area contributed by atoms with Gasteiger partial charge in [0.25, 0.3) is 5.56 Å². The molecule has 0 bridgehead atoms. The zero-order chi connectivity index (χ0) is 22.6. The third-order valence-electron chi connectivity index (χ3n) is 5.14. The van der Waals surface area contributed by atoms with Gasteiger partial charge in [-0.1, -0.05) is 54.2 Å². The van der Waals surface area contributed by atoms with Gasteiger partial charge in [0.15, 0.2) is 11.0 Å². The highest BCUT2D eigenvalue weighted by atomic mass is 32.2. The maximum Gasteiger partial charge on any atom is 0.262 e. The number of thioether (sulfide) groups is 1. The van der Waals surface area contributed by atoms with Crippen molar-refractivity contribution in [3.8, 4) is 17.5 Å². The summed E-state index contributed by atoms with van der Waals surface area (Å²) in [6, 6.07) is 22.8. The second-order valence-electron chi connectivity index (χ2n) is 7.22. The molecule has 9 heteroatoms. The van der Waals surface area contributed by atoms with E-state index in [1.54, 1.807) is 24.5 Å². The van der Waals surface area contributed by atoms with Crippen molar-refractivity contribution in [2.75, 3.05) is 0 Å². The van der Waals surface area contributed by atoms with Gasteiger partial charge >= 0.3 is 0 Å². The Morgan fingerprint density at radius 3 is 2.58 bits per heavy atom. The van der Waals surface area contributed by atoms with Crippen molar-refractivity contribution in [1.82, 2.24) is 24.3 Å². The zero-order valence-corrected chi connectivity index (χ0v) is 18.3. The van der Waals surface area contributed by atoms with E-state index in [1.165, 1.54) is 16.3 Å². The minimum Gasteiger partial charge on any atom is -0.467 e. The standard InChI is InChI=1S/C24H18N6O2S/c25-12-13-29-21(26-20-11-5-4-10-19(20)23(29)31)16-33-24-28-27-22(17-7-2-1-3-8-17)30(24)15-18-9-6-14-32-18/h1-11,14H,13,15-16H2. The van der Waals surface area contributed by atoms with Gasteiger partial charge in [0.2, 0.25) is 0 Å². The normalized spacial score (nSPS) is 11.0. The van der Waals surface area contributed by atoms with Crippen LogP contribution in [0, 0.1) is 11.3 Å². The summed E-state index contributed by atoms with van der Waals surface area (Å²) in [6.07, 6.45) is 1.63. The van der Waals surface area contributed by atoms with E-state index in [4.69, 9.17) is 4.42 Å². The molecular formula is C24H18N6O2S. The Morgan fingerprint density at radius 1 is 0.970 bits per heavy atom. The lowest BCUT2D eigenvalue weighted by molar-refractivity contribution is 0.485. The lowest BCUT2D eigenvalue weighted by Gasteiger charge is -2.12. The highest BCUT2D eigenvalue weighted by Gasteiger charge is 2.18. The van der Waals surface area contributed by atoms with Gasteiger partial charge in [-0.3, -0.25) is 13.9 Å². The van der Waals surface area contributed by atoms with Crippen LogP contribution in [0.5, 0.6) is 0 Å². The predicted octanol–water partition coefficient (Wildman–Crippen LogP) is 4.11. The van der Waals surface area contributed by atoms with Gasteiger partial charge in [-0.2, -0.15) is 5.26 Å². The first-order valence-corrected chi connectivity index (χ1v) is 11.2. The molecule has 0 spiro atoms. The van der Waals surface area contributed by atoms with Crippen LogP contribution in [0.3, 0.4) is 0 Å². The first-order valence-electron chi connectivity index (χ1n) is 10.2. The summed E-state index contributed by atoms with van der Waals surface area (Å²) >= 11 is 1.41. The highest BCUT2D eigenvalue weighted by molar-refractivity contribution is 7.98. The minimum atomic E-state index is -0.222. The average molecular weight is 455 g/mol. The Labute approximate surface area is 193 Å². The van der Waals surface area contributed by atoms with E-state index in [2.05, 4.69) is 21.3 Å². The van der Waals surface area contributed by atoms with Crippen molar-refractivity contribution in [1.29, 1.82) is 5.26 Å². The maximum absolute atomic E-state index is 12.9. The summed E-state index contributed by atoms with van der Waals surface area (Å²) < 4.78 is 8.95. The fourth-order valence-corrected chi connectivity index (χ4v) is 4.47. The maximum atomic E-state index is 12.9. The topological polar surface area (TPSA) is 103 Å². The van der Waals surface area contributed by atoms with Crippen molar-refractivity contribution in [2.45, 2.75) is 24.0 Å². The molecule has 162 valence electrons. The van der Waals surface area contributed by atoms with Gasteiger partial charge in [-0.25, -0.2) is 4.98 Å². The smallest absolute Gasteiger partial charge is 0.262 e. The van der Waals surface area contributed by atoms with Crippen LogP contribution >= 0.6 is 11.8 Å². The number of furan rings is 1. The molecule has 2 aromatic carbocycles. The third-order valence-corrected chi connectivity index (χ3v) is 6.11. The molecule has 3 heterocycles. The number of nitrogens with zero attached hydrogens (tertiary/aromatic N) is 6. The van der Waals surface area contributed by atoms with Crippen LogP contribution in [-0.4, -0.2) is 24.3 Å². The van der Waals surface area contributed by atoms with Crippen LogP contribution in [0.1, 0.15) is 11.6 Å². The third kappa shape index (κ3) is 4.16. The molecule has 0 amide bonds. The van der Waals surface area contributed by atoms with Crippen LogP contribution in [0.25, 0.3) is 22.3 Å². The summed E-state index contributed by atoms with van der Waals surface area (Å²) in [7, 11) is 0. The summed E-state index contributed by atoms with van der Waals surface area (Å²) in [4.78, 5) is 17.6. The number of para-hydroxylation sites is 1. The van der Waals surface area contributed by atoms with E-state index < -0.39 is 0 Å². The molecule has 0 saturated carbocycles. The van der Waals surface area contributed by atoms with E-state index in [9.17, 15) is 10.1 Å². The Morgan fingerprint density at radius 2 is 1.79 bits per heavy atom. The molecule has 0 N–H and O–H groups in total. The van der Waals surface area contributed by atoms with E-state index in [0.29, 0.717) is 34.2 Å². The van der Waals surface area contributed by atoms with Gasteiger partial charge in [0, 0.05) is 5.56 Å². The van der Waals surface area contributed by atoms with Gasteiger partial charge < -0.3 is 4.42 Å². The number of nitriles is 1. The first-order chi connectivity index (χ1) is 16.2. The molecule has 5 aromatic rings. The van der Waals surface area contributed by atoms with Crippen molar-refractivity contribution in [2.24, 2.45) is 0 Å². The van der Waals surface area contributed by atoms with Crippen LogP contribution < -0.4 is 5.56 Å². The van der Waals surface area contributed by atoms with Gasteiger partial charge in [0.05, 0.1) is 35.5 Å². The van der Waals surface area contributed by atoms with Crippen molar-refractivity contribution >= 4 is 22.7 Å². The van der Waals surface area contributed by atoms with Crippen molar-refractivity contribution in [3.05, 3.63) is 94.9 Å². The molecule has 0 unspecified atom stereocenters. The Bertz CT molecular complexity index is 1500. The molecule has 0 aliphatic heterocycles. The second-order valence-corrected chi connectivity index (χ2v) is 8.16. The molecular weight excluding hydrogens is 436 g/mol. The van der Waals surface area contributed by atoms with Crippen molar-refractivity contribution in [3.63, 3.8) is 0 Å².